The zero-order chi connectivity index (χ0) is 15.3. The molecule has 1 N–H and O–H groups in total. The summed E-state index contributed by atoms with van der Waals surface area (Å²) in [5.41, 5.74) is 1.02. The van der Waals surface area contributed by atoms with E-state index in [0.717, 1.165) is 51.1 Å². The minimum atomic E-state index is -0.216. The van der Waals surface area contributed by atoms with E-state index >= 15 is 0 Å². The monoisotopic (exact) mass is 313 g/mol. The molecule has 1 heterocycles. The second kappa shape index (κ2) is 7.57. The lowest BCUT2D eigenvalue weighted by Crippen LogP contribution is -2.41. The molecule has 1 aliphatic rings. The molecule has 0 radical (unpaired) electrons. The minimum Gasteiger partial charge on any atom is -0.381 e. The van der Waals surface area contributed by atoms with Crippen molar-refractivity contribution in [3.05, 3.63) is 34.6 Å². The van der Waals surface area contributed by atoms with E-state index < -0.39 is 0 Å². The second-order valence-corrected chi connectivity index (χ2v) is 6.96. The number of ether oxygens (including phenoxy) is 1. The zero-order valence-electron chi connectivity index (χ0n) is 12.9. The van der Waals surface area contributed by atoms with Crippen molar-refractivity contribution in [3.8, 4) is 0 Å². The lowest BCUT2D eigenvalue weighted by atomic mass is 9.75. The number of hydrogen-bond acceptors (Lipinski definition) is 2. The first kappa shape index (κ1) is 16.7. The Labute approximate surface area is 132 Å². The molecule has 0 amide bonds. The van der Waals surface area contributed by atoms with E-state index in [1.54, 1.807) is 12.1 Å². The van der Waals surface area contributed by atoms with Gasteiger partial charge in [-0.2, -0.15) is 0 Å². The Morgan fingerprint density at radius 3 is 2.71 bits per heavy atom. The van der Waals surface area contributed by atoms with Gasteiger partial charge in [0.2, 0.25) is 0 Å². The third kappa shape index (κ3) is 4.94. The molecule has 0 aliphatic carbocycles. The largest absolute Gasteiger partial charge is 0.381 e. The molecule has 0 aromatic heterocycles. The predicted octanol–water partition coefficient (Wildman–Crippen LogP) is 4.06. The molecular weight excluding hydrogens is 289 g/mol. The van der Waals surface area contributed by atoms with Crippen LogP contribution in [0.25, 0.3) is 0 Å². The van der Waals surface area contributed by atoms with E-state index in [1.807, 2.05) is 0 Å². The first-order valence-corrected chi connectivity index (χ1v) is 8.11. The second-order valence-electron chi connectivity index (χ2n) is 6.55. The molecule has 0 atom stereocenters. The van der Waals surface area contributed by atoms with Gasteiger partial charge in [0.25, 0.3) is 0 Å². The van der Waals surface area contributed by atoms with Gasteiger partial charge in [0, 0.05) is 24.8 Å². The van der Waals surface area contributed by atoms with Gasteiger partial charge in [-0.05, 0) is 60.9 Å². The Morgan fingerprint density at radius 2 is 2.05 bits per heavy atom. The highest BCUT2D eigenvalue weighted by molar-refractivity contribution is 6.31. The highest BCUT2D eigenvalue weighted by Gasteiger charge is 2.33. The topological polar surface area (TPSA) is 21.3 Å². The van der Waals surface area contributed by atoms with E-state index in [9.17, 15) is 4.39 Å². The van der Waals surface area contributed by atoms with E-state index in [0.29, 0.717) is 10.9 Å². The van der Waals surface area contributed by atoms with Crippen molar-refractivity contribution >= 4 is 11.6 Å². The number of benzene rings is 1. The van der Waals surface area contributed by atoms with Gasteiger partial charge in [-0.1, -0.05) is 25.4 Å². The molecule has 1 aromatic rings. The summed E-state index contributed by atoms with van der Waals surface area (Å²) < 4.78 is 19.0. The molecule has 0 spiro atoms. The number of rotatable bonds is 6. The van der Waals surface area contributed by atoms with E-state index in [1.165, 1.54) is 6.07 Å². The molecule has 4 heteroatoms. The van der Waals surface area contributed by atoms with Crippen LogP contribution in [0.3, 0.4) is 0 Å². The highest BCUT2D eigenvalue weighted by atomic mass is 35.5. The fourth-order valence-electron chi connectivity index (χ4n) is 2.93. The maximum absolute atomic E-state index is 13.5. The zero-order valence-corrected chi connectivity index (χ0v) is 13.7. The van der Waals surface area contributed by atoms with Crippen LogP contribution < -0.4 is 5.32 Å². The lowest BCUT2D eigenvalue weighted by molar-refractivity contribution is 0.0147. The number of hydrogen-bond donors (Lipinski definition) is 1. The van der Waals surface area contributed by atoms with Crippen LogP contribution in [0.1, 0.15) is 32.3 Å². The molecule has 1 fully saturated rings. The van der Waals surface area contributed by atoms with Gasteiger partial charge in [0.1, 0.15) is 5.82 Å². The summed E-state index contributed by atoms with van der Waals surface area (Å²) in [4.78, 5) is 0. The summed E-state index contributed by atoms with van der Waals surface area (Å²) in [6, 6.07) is 4.64. The summed E-state index contributed by atoms with van der Waals surface area (Å²) in [6.07, 6.45) is 2.79. The van der Waals surface area contributed by atoms with Crippen LogP contribution in [0.4, 0.5) is 4.39 Å². The summed E-state index contributed by atoms with van der Waals surface area (Å²) in [5, 5.41) is 4.22. The van der Waals surface area contributed by atoms with Crippen molar-refractivity contribution in [1.82, 2.24) is 5.32 Å². The predicted molar refractivity (Wildman–Crippen MR) is 85.3 cm³/mol. The standard InChI is InChI=1S/C17H25ClFNO/c1-13(2)11-20-12-17(5-7-21-8-6-17)10-14-9-15(19)3-4-16(14)18/h3-4,9,13,20H,5-8,10-12H2,1-2H3. The van der Waals surface area contributed by atoms with Crippen LogP contribution in [0, 0.1) is 17.2 Å². The van der Waals surface area contributed by atoms with Gasteiger partial charge < -0.3 is 10.1 Å². The SMILES string of the molecule is CC(C)CNCC1(Cc2cc(F)ccc2Cl)CCOCC1. The number of halogens is 2. The molecule has 2 nitrogen and oxygen atoms in total. The molecule has 1 aromatic carbocycles. The van der Waals surface area contributed by atoms with Crippen LogP contribution in [0.2, 0.25) is 5.02 Å². The first-order chi connectivity index (χ1) is 10.0. The highest BCUT2D eigenvalue weighted by Crippen LogP contribution is 2.36. The normalized spacial score (nSPS) is 18.1. The van der Waals surface area contributed by atoms with Gasteiger partial charge in [0.15, 0.2) is 0 Å². The van der Waals surface area contributed by atoms with Gasteiger partial charge in [0.05, 0.1) is 0 Å². The number of nitrogens with one attached hydrogen (secondary N) is 1. The quantitative estimate of drug-likeness (QED) is 0.855. The maximum atomic E-state index is 13.5. The van der Waals surface area contributed by atoms with Crippen LogP contribution in [-0.2, 0) is 11.2 Å². The molecule has 0 saturated carbocycles. The molecule has 2 rings (SSSR count). The fourth-order valence-corrected chi connectivity index (χ4v) is 3.11. The summed E-state index contributed by atoms with van der Waals surface area (Å²) in [5.74, 6) is 0.409. The van der Waals surface area contributed by atoms with Gasteiger partial charge in [-0.15, -0.1) is 0 Å². The molecule has 0 unspecified atom stereocenters. The smallest absolute Gasteiger partial charge is 0.123 e. The third-order valence-electron chi connectivity index (χ3n) is 4.18. The van der Waals surface area contributed by atoms with Crippen molar-refractivity contribution in [1.29, 1.82) is 0 Å². The first-order valence-electron chi connectivity index (χ1n) is 7.73. The Bertz CT molecular complexity index is 458. The van der Waals surface area contributed by atoms with Gasteiger partial charge >= 0.3 is 0 Å². The van der Waals surface area contributed by atoms with E-state index in [2.05, 4.69) is 19.2 Å². The van der Waals surface area contributed by atoms with E-state index in [4.69, 9.17) is 16.3 Å². The van der Waals surface area contributed by atoms with Crippen LogP contribution >= 0.6 is 11.6 Å². The molecule has 1 aliphatic heterocycles. The third-order valence-corrected chi connectivity index (χ3v) is 4.55. The lowest BCUT2D eigenvalue weighted by Gasteiger charge is -2.38. The Morgan fingerprint density at radius 1 is 1.33 bits per heavy atom. The van der Waals surface area contributed by atoms with Crippen molar-refractivity contribution in [2.24, 2.45) is 11.3 Å². The molecule has 21 heavy (non-hydrogen) atoms. The molecule has 1 saturated heterocycles. The van der Waals surface area contributed by atoms with Crippen molar-refractivity contribution < 1.29 is 9.13 Å². The van der Waals surface area contributed by atoms with Crippen molar-refractivity contribution in [2.45, 2.75) is 33.1 Å². The summed E-state index contributed by atoms with van der Waals surface area (Å²) >= 11 is 6.24. The Hall–Kier alpha value is -0.640. The van der Waals surface area contributed by atoms with E-state index in [-0.39, 0.29) is 11.2 Å². The average molecular weight is 314 g/mol. The molecular formula is C17H25ClFNO. The van der Waals surface area contributed by atoms with Crippen LogP contribution in [-0.4, -0.2) is 26.3 Å². The summed E-state index contributed by atoms with van der Waals surface area (Å²) in [6.45, 7) is 7.88. The van der Waals surface area contributed by atoms with Crippen LogP contribution in [0.15, 0.2) is 18.2 Å². The van der Waals surface area contributed by atoms with Crippen molar-refractivity contribution in [2.75, 3.05) is 26.3 Å². The minimum absolute atomic E-state index is 0.116. The fraction of sp³-hybridized carbons (Fsp3) is 0.647. The van der Waals surface area contributed by atoms with Crippen LogP contribution in [0.5, 0.6) is 0 Å². The maximum Gasteiger partial charge on any atom is 0.123 e. The van der Waals surface area contributed by atoms with Crippen molar-refractivity contribution in [3.63, 3.8) is 0 Å². The van der Waals surface area contributed by atoms with Gasteiger partial charge in [-0.3, -0.25) is 0 Å². The van der Waals surface area contributed by atoms with Gasteiger partial charge in [-0.25, -0.2) is 4.39 Å². The molecule has 0 bridgehead atoms. The molecule has 118 valence electrons. The Kier molecular flexibility index (Phi) is 6.03. The summed E-state index contributed by atoms with van der Waals surface area (Å²) in [7, 11) is 0. The Balaban J connectivity index is 2.09. The average Bonchev–Trinajstić information content (AvgIpc) is 2.43.